The Hall–Kier alpha value is -1.63. The van der Waals surface area contributed by atoms with Crippen LogP contribution in [0.4, 0.5) is 0 Å². The van der Waals surface area contributed by atoms with Crippen LogP contribution in [0.5, 0.6) is 0 Å². The highest BCUT2D eigenvalue weighted by Gasteiger charge is 2.10. The summed E-state index contributed by atoms with van der Waals surface area (Å²) >= 11 is 0. The molecule has 0 amide bonds. The van der Waals surface area contributed by atoms with Crippen LogP contribution in [0.3, 0.4) is 0 Å². The molecule has 0 unspecified atom stereocenters. The molecule has 0 spiro atoms. The first-order valence-electron chi connectivity index (χ1n) is 5.11. The molecule has 0 aliphatic rings. The van der Waals surface area contributed by atoms with E-state index in [0.717, 1.165) is 21.9 Å². The van der Waals surface area contributed by atoms with Gasteiger partial charge >= 0.3 is 0 Å². The highest BCUT2D eigenvalue weighted by atomic mass is 16.1. The third-order valence-corrected chi connectivity index (χ3v) is 2.92. The zero-order valence-electron chi connectivity index (χ0n) is 9.29. The molecule has 0 aromatic heterocycles. The van der Waals surface area contributed by atoms with Gasteiger partial charge in [0, 0.05) is 5.56 Å². The van der Waals surface area contributed by atoms with Crippen LogP contribution < -0.4 is 0 Å². The van der Waals surface area contributed by atoms with Crippen LogP contribution in [-0.4, -0.2) is 5.78 Å². The number of Topliss-reactive ketones (excluding diaryl/α,β-unsaturated/α-hetero) is 1. The van der Waals surface area contributed by atoms with Gasteiger partial charge in [-0.15, -0.1) is 0 Å². The standard InChI is InChI=1S/C14H14O/c1-9-8-12-6-4-5-7-13(12)14(10(9)2)11(3)15/h4-8H,1-3H3. The molecule has 0 aliphatic carbocycles. The van der Waals surface area contributed by atoms with E-state index in [1.165, 1.54) is 5.56 Å². The number of benzene rings is 2. The molecule has 0 atom stereocenters. The van der Waals surface area contributed by atoms with E-state index in [0.29, 0.717) is 0 Å². The van der Waals surface area contributed by atoms with Crippen molar-refractivity contribution < 1.29 is 4.79 Å². The van der Waals surface area contributed by atoms with Gasteiger partial charge in [0.05, 0.1) is 0 Å². The highest BCUT2D eigenvalue weighted by molar-refractivity contribution is 6.08. The van der Waals surface area contributed by atoms with Gasteiger partial charge in [-0.3, -0.25) is 4.79 Å². The lowest BCUT2D eigenvalue weighted by Crippen LogP contribution is -1.99. The molecule has 15 heavy (non-hydrogen) atoms. The fourth-order valence-corrected chi connectivity index (χ4v) is 2.04. The van der Waals surface area contributed by atoms with Crippen LogP contribution in [0.1, 0.15) is 28.4 Å². The zero-order chi connectivity index (χ0) is 11.0. The predicted molar refractivity (Wildman–Crippen MR) is 63.4 cm³/mol. The Labute approximate surface area is 89.7 Å². The van der Waals surface area contributed by atoms with E-state index in [1.54, 1.807) is 6.92 Å². The molecule has 2 aromatic rings. The quantitative estimate of drug-likeness (QED) is 0.639. The van der Waals surface area contributed by atoms with Crippen molar-refractivity contribution in [2.45, 2.75) is 20.8 Å². The summed E-state index contributed by atoms with van der Waals surface area (Å²) in [5.74, 6) is 0.146. The van der Waals surface area contributed by atoms with Gasteiger partial charge in [-0.05, 0) is 42.7 Å². The minimum absolute atomic E-state index is 0.146. The number of carbonyl (C=O) groups is 1. The summed E-state index contributed by atoms with van der Waals surface area (Å²) in [6.07, 6.45) is 0. The Kier molecular flexibility index (Phi) is 2.31. The summed E-state index contributed by atoms with van der Waals surface area (Å²) in [5, 5.41) is 2.21. The first-order chi connectivity index (χ1) is 7.11. The normalized spacial score (nSPS) is 10.6. The Balaban J connectivity index is 2.95. The molecule has 0 bridgehead atoms. The van der Waals surface area contributed by atoms with E-state index in [2.05, 4.69) is 6.07 Å². The van der Waals surface area contributed by atoms with Crippen LogP contribution in [0.2, 0.25) is 0 Å². The zero-order valence-corrected chi connectivity index (χ0v) is 9.29. The molecule has 0 aliphatic heterocycles. The van der Waals surface area contributed by atoms with Crippen molar-refractivity contribution in [2.24, 2.45) is 0 Å². The minimum Gasteiger partial charge on any atom is -0.294 e. The number of rotatable bonds is 1. The molecule has 1 heteroatoms. The predicted octanol–water partition coefficient (Wildman–Crippen LogP) is 3.66. The Morgan fingerprint density at radius 2 is 1.80 bits per heavy atom. The number of ketones is 1. The lowest BCUT2D eigenvalue weighted by molar-refractivity contribution is 0.101. The van der Waals surface area contributed by atoms with Gasteiger partial charge in [0.25, 0.3) is 0 Å². The molecule has 2 rings (SSSR count). The average Bonchev–Trinajstić information content (AvgIpc) is 2.19. The highest BCUT2D eigenvalue weighted by Crippen LogP contribution is 2.25. The average molecular weight is 198 g/mol. The Bertz CT molecular complexity index is 538. The van der Waals surface area contributed by atoms with Crippen molar-refractivity contribution in [1.29, 1.82) is 0 Å². The first kappa shape index (κ1) is 9.91. The fourth-order valence-electron chi connectivity index (χ4n) is 2.04. The maximum atomic E-state index is 11.6. The molecule has 0 fully saturated rings. The second-order valence-electron chi connectivity index (χ2n) is 3.97. The van der Waals surface area contributed by atoms with E-state index in [1.807, 2.05) is 38.1 Å². The number of hydrogen-bond acceptors (Lipinski definition) is 1. The van der Waals surface area contributed by atoms with Crippen molar-refractivity contribution in [3.63, 3.8) is 0 Å². The molecular formula is C14H14O. The van der Waals surface area contributed by atoms with Crippen LogP contribution >= 0.6 is 0 Å². The fraction of sp³-hybridized carbons (Fsp3) is 0.214. The second kappa shape index (κ2) is 3.50. The molecule has 0 N–H and O–H groups in total. The van der Waals surface area contributed by atoms with E-state index < -0.39 is 0 Å². The molecular weight excluding hydrogens is 184 g/mol. The molecule has 1 nitrogen and oxygen atoms in total. The van der Waals surface area contributed by atoms with Crippen molar-refractivity contribution >= 4 is 16.6 Å². The van der Waals surface area contributed by atoms with Gasteiger partial charge in [-0.2, -0.15) is 0 Å². The molecule has 76 valence electrons. The van der Waals surface area contributed by atoms with E-state index in [-0.39, 0.29) is 5.78 Å². The Morgan fingerprint density at radius 1 is 1.13 bits per heavy atom. The van der Waals surface area contributed by atoms with E-state index in [9.17, 15) is 4.79 Å². The summed E-state index contributed by atoms with van der Waals surface area (Å²) in [7, 11) is 0. The van der Waals surface area contributed by atoms with Gasteiger partial charge in [-0.1, -0.05) is 30.3 Å². The van der Waals surface area contributed by atoms with Crippen LogP contribution in [-0.2, 0) is 0 Å². The number of aryl methyl sites for hydroxylation is 1. The number of carbonyl (C=O) groups excluding carboxylic acids is 1. The van der Waals surface area contributed by atoms with Crippen LogP contribution in [0.15, 0.2) is 30.3 Å². The molecule has 2 aromatic carbocycles. The summed E-state index contributed by atoms with van der Waals surface area (Å²) in [6, 6.07) is 10.2. The van der Waals surface area contributed by atoms with Gasteiger partial charge in [0.2, 0.25) is 0 Å². The summed E-state index contributed by atoms with van der Waals surface area (Å²) in [6.45, 7) is 5.70. The first-order valence-corrected chi connectivity index (χ1v) is 5.11. The van der Waals surface area contributed by atoms with Crippen LogP contribution in [0.25, 0.3) is 10.8 Å². The monoisotopic (exact) mass is 198 g/mol. The van der Waals surface area contributed by atoms with Crippen molar-refractivity contribution in [3.05, 3.63) is 47.0 Å². The van der Waals surface area contributed by atoms with Crippen molar-refractivity contribution in [3.8, 4) is 0 Å². The number of fused-ring (bicyclic) bond motifs is 1. The topological polar surface area (TPSA) is 17.1 Å². The largest absolute Gasteiger partial charge is 0.294 e. The maximum Gasteiger partial charge on any atom is 0.160 e. The maximum absolute atomic E-state index is 11.6. The van der Waals surface area contributed by atoms with Crippen LogP contribution in [0, 0.1) is 13.8 Å². The summed E-state index contributed by atoms with van der Waals surface area (Å²) < 4.78 is 0. The third-order valence-electron chi connectivity index (χ3n) is 2.92. The lowest BCUT2D eigenvalue weighted by Gasteiger charge is -2.10. The number of hydrogen-bond donors (Lipinski definition) is 0. The lowest BCUT2D eigenvalue weighted by atomic mass is 9.93. The second-order valence-corrected chi connectivity index (χ2v) is 3.97. The molecule has 0 saturated carbocycles. The smallest absolute Gasteiger partial charge is 0.160 e. The Morgan fingerprint density at radius 3 is 2.47 bits per heavy atom. The van der Waals surface area contributed by atoms with Crippen molar-refractivity contribution in [1.82, 2.24) is 0 Å². The van der Waals surface area contributed by atoms with E-state index in [4.69, 9.17) is 0 Å². The SMILES string of the molecule is CC(=O)c1c(C)c(C)cc2ccccc12. The minimum atomic E-state index is 0.146. The van der Waals surface area contributed by atoms with Crippen molar-refractivity contribution in [2.75, 3.05) is 0 Å². The van der Waals surface area contributed by atoms with Gasteiger partial charge in [0.15, 0.2) is 5.78 Å². The summed E-state index contributed by atoms with van der Waals surface area (Å²) in [5.41, 5.74) is 3.14. The molecule has 0 saturated heterocycles. The van der Waals surface area contributed by atoms with Gasteiger partial charge in [0.1, 0.15) is 0 Å². The van der Waals surface area contributed by atoms with Gasteiger partial charge < -0.3 is 0 Å². The third kappa shape index (κ3) is 1.54. The summed E-state index contributed by atoms with van der Waals surface area (Å²) in [4.78, 5) is 11.6. The molecule has 0 radical (unpaired) electrons. The van der Waals surface area contributed by atoms with Gasteiger partial charge in [-0.25, -0.2) is 0 Å². The molecule has 0 heterocycles. The van der Waals surface area contributed by atoms with E-state index >= 15 is 0 Å².